The standard InChI is InChI=1S/C14H12F2N2O/c15-11-2-1-3-12(16)13(11)19-8-10-5-4-9-6-7-17-14(9)18-10/h1-5H,6-8H2,(H,17,18). The average molecular weight is 262 g/mol. The van der Waals surface area contributed by atoms with Crippen LogP contribution in [0.1, 0.15) is 11.3 Å². The van der Waals surface area contributed by atoms with Gasteiger partial charge in [0.15, 0.2) is 17.4 Å². The second kappa shape index (κ2) is 4.84. The molecule has 1 aliphatic rings. The number of nitrogens with one attached hydrogen (secondary N) is 1. The number of ether oxygens (including phenoxy) is 1. The highest BCUT2D eigenvalue weighted by Gasteiger charge is 2.13. The van der Waals surface area contributed by atoms with E-state index in [1.807, 2.05) is 12.1 Å². The second-order valence-corrected chi connectivity index (χ2v) is 4.33. The first-order chi connectivity index (χ1) is 9.24. The van der Waals surface area contributed by atoms with E-state index in [2.05, 4.69) is 10.3 Å². The van der Waals surface area contributed by atoms with Crippen LogP contribution in [0.2, 0.25) is 0 Å². The Balaban J connectivity index is 1.76. The number of hydrogen-bond donors (Lipinski definition) is 1. The zero-order valence-corrected chi connectivity index (χ0v) is 10.1. The molecule has 0 amide bonds. The minimum absolute atomic E-state index is 0.0345. The fourth-order valence-electron chi connectivity index (χ4n) is 2.05. The van der Waals surface area contributed by atoms with Crippen LogP contribution in [-0.2, 0) is 13.0 Å². The molecule has 0 radical (unpaired) electrons. The lowest BCUT2D eigenvalue weighted by molar-refractivity contribution is 0.270. The van der Waals surface area contributed by atoms with E-state index in [4.69, 9.17) is 4.74 Å². The first-order valence-corrected chi connectivity index (χ1v) is 6.03. The summed E-state index contributed by atoms with van der Waals surface area (Å²) in [6.45, 7) is 0.904. The van der Waals surface area contributed by atoms with Crippen molar-refractivity contribution in [3.8, 4) is 5.75 Å². The van der Waals surface area contributed by atoms with E-state index >= 15 is 0 Å². The van der Waals surface area contributed by atoms with Crippen LogP contribution in [0.15, 0.2) is 30.3 Å². The van der Waals surface area contributed by atoms with Gasteiger partial charge in [-0.2, -0.15) is 0 Å². The van der Waals surface area contributed by atoms with Crippen molar-refractivity contribution in [1.29, 1.82) is 0 Å². The lowest BCUT2D eigenvalue weighted by atomic mass is 10.2. The highest BCUT2D eigenvalue weighted by molar-refractivity contribution is 5.49. The molecular weight excluding hydrogens is 250 g/mol. The maximum atomic E-state index is 13.4. The Bertz CT molecular complexity index is 596. The molecule has 98 valence electrons. The quantitative estimate of drug-likeness (QED) is 0.923. The number of benzene rings is 1. The molecule has 2 aromatic rings. The molecule has 1 aromatic heterocycles. The van der Waals surface area contributed by atoms with Crippen LogP contribution in [0.4, 0.5) is 14.6 Å². The Kier molecular flexibility index (Phi) is 3.03. The topological polar surface area (TPSA) is 34.1 Å². The summed E-state index contributed by atoms with van der Waals surface area (Å²) >= 11 is 0. The van der Waals surface area contributed by atoms with Crippen molar-refractivity contribution in [1.82, 2.24) is 4.98 Å². The molecule has 1 aliphatic heterocycles. The van der Waals surface area contributed by atoms with Gasteiger partial charge in [0.2, 0.25) is 0 Å². The molecule has 0 saturated carbocycles. The van der Waals surface area contributed by atoms with Crippen molar-refractivity contribution in [2.75, 3.05) is 11.9 Å². The van der Waals surface area contributed by atoms with Crippen LogP contribution in [0.25, 0.3) is 0 Å². The van der Waals surface area contributed by atoms with Gasteiger partial charge in [0, 0.05) is 6.54 Å². The van der Waals surface area contributed by atoms with E-state index in [9.17, 15) is 8.78 Å². The van der Waals surface area contributed by atoms with Gasteiger partial charge in [0.25, 0.3) is 0 Å². The number of rotatable bonds is 3. The average Bonchev–Trinajstić information content (AvgIpc) is 2.85. The van der Waals surface area contributed by atoms with Crippen molar-refractivity contribution in [3.63, 3.8) is 0 Å². The van der Waals surface area contributed by atoms with Gasteiger partial charge in [-0.1, -0.05) is 12.1 Å². The summed E-state index contributed by atoms with van der Waals surface area (Å²) in [5.74, 6) is -0.952. The van der Waals surface area contributed by atoms with Gasteiger partial charge in [-0.05, 0) is 30.2 Å². The van der Waals surface area contributed by atoms with Crippen LogP contribution in [0, 0.1) is 11.6 Å². The van der Waals surface area contributed by atoms with E-state index in [0.29, 0.717) is 5.69 Å². The largest absolute Gasteiger partial charge is 0.481 e. The third kappa shape index (κ3) is 2.36. The highest BCUT2D eigenvalue weighted by atomic mass is 19.1. The molecule has 0 atom stereocenters. The van der Waals surface area contributed by atoms with Gasteiger partial charge >= 0.3 is 0 Å². The predicted molar refractivity (Wildman–Crippen MR) is 67.1 cm³/mol. The molecule has 3 rings (SSSR count). The van der Waals surface area contributed by atoms with Crippen LogP contribution in [0.5, 0.6) is 5.75 Å². The fraction of sp³-hybridized carbons (Fsp3) is 0.214. The molecule has 2 heterocycles. The number of para-hydroxylation sites is 1. The summed E-state index contributed by atoms with van der Waals surface area (Å²) in [7, 11) is 0. The summed E-state index contributed by atoms with van der Waals surface area (Å²) < 4.78 is 31.9. The minimum Gasteiger partial charge on any atom is -0.481 e. The Morgan fingerprint density at radius 3 is 2.74 bits per heavy atom. The summed E-state index contributed by atoms with van der Waals surface area (Å²) in [4.78, 5) is 4.35. The smallest absolute Gasteiger partial charge is 0.191 e. The molecule has 0 unspecified atom stereocenters. The maximum Gasteiger partial charge on any atom is 0.191 e. The Hall–Kier alpha value is -2.17. The summed E-state index contributed by atoms with van der Waals surface area (Å²) in [5, 5.41) is 3.15. The van der Waals surface area contributed by atoms with E-state index in [-0.39, 0.29) is 12.4 Å². The van der Waals surface area contributed by atoms with Crippen LogP contribution in [0.3, 0.4) is 0 Å². The lowest BCUT2D eigenvalue weighted by Gasteiger charge is -2.08. The summed E-state index contributed by atoms with van der Waals surface area (Å²) in [5.41, 5.74) is 1.79. The van der Waals surface area contributed by atoms with E-state index in [1.165, 1.54) is 6.07 Å². The van der Waals surface area contributed by atoms with E-state index < -0.39 is 11.6 Å². The number of anilines is 1. The van der Waals surface area contributed by atoms with Crippen LogP contribution >= 0.6 is 0 Å². The van der Waals surface area contributed by atoms with E-state index in [1.54, 1.807) is 0 Å². The van der Waals surface area contributed by atoms with Gasteiger partial charge in [0.1, 0.15) is 12.4 Å². The number of nitrogens with zero attached hydrogens (tertiary/aromatic N) is 1. The number of aromatic nitrogens is 1. The first-order valence-electron chi connectivity index (χ1n) is 6.03. The summed E-state index contributed by atoms with van der Waals surface area (Å²) in [6, 6.07) is 7.39. The molecule has 1 aromatic carbocycles. The van der Waals surface area contributed by atoms with Gasteiger partial charge in [0.05, 0.1) is 5.69 Å². The number of pyridine rings is 1. The maximum absolute atomic E-state index is 13.4. The normalized spacial score (nSPS) is 12.9. The third-order valence-corrected chi connectivity index (χ3v) is 3.01. The fourth-order valence-corrected chi connectivity index (χ4v) is 2.05. The molecule has 3 nitrogen and oxygen atoms in total. The van der Waals surface area contributed by atoms with Crippen molar-refractivity contribution in [3.05, 3.63) is 53.2 Å². The second-order valence-electron chi connectivity index (χ2n) is 4.33. The van der Waals surface area contributed by atoms with Crippen LogP contribution < -0.4 is 10.1 Å². The molecular formula is C14H12F2N2O. The number of fused-ring (bicyclic) bond motifs is 1. The van der Waals surface area contributed by atoms with Gasteiger partial charge < -0.3 is 10.1 Å². The molecule has 0 bridgehead atoms. The Morgan fingerprint density at radius 1 is 1.16 bits per heavy atom. The number of hydrogen-bond acceptors (Lipinski definition) is 3. The molecule has 0 aliphatic carbocycles. The Morgan fingerprint density at radius 2 is 1.95 bits per heavy atom. The lowest BCUT2D eigenvalue weighted by Crippen LogP contribution is -2.03. The SMILES string of the molecule is Fc1cccc(F)c1OCc1ccc2c(n1)NCC2. The van der Waals surface area contributed by atoms with Crippen LogP contribution in [-0.4, -0.2) is 11.5 Å². The first kappa shape index (κ1) is 11.9. The molecule has 19 heavy (non-hydrogen) atoms. The van der Waals surface area contributed by atoms with Gasteiger partial charge in [-0.15, -0.1) is 0 Å². The zero-order valence-electron chi connectivity index (χ0n) is 10.1. The molecule has 0 fully saturated rings. The Labute approximate surface area is 109 Å². The van der Waals surface area contributed by atoms with E-state index in [0.717, 1.165) is 36.5 Å². The van der Waals surface area contributed by atoms with Crippen molar-refractivity contribution in [2.24, 2.45) is 0 Å². The highest BCUT2D eigenvalue weighted by Crippen LogP contribution is 2.23. The third-order valence-electron chi connectivity index (χ3n) is 3.01. The predicted octanol–water partition coefficient (Wildman–Crippen LogP) is 2.91. The molecule has 0 spiro atoms. The molecule has 5 heteroatoms. The minimum atomic E-state index is -0.709. The van der Waals surface area contributed by atoms with Gasteiger partial charge in [-0.25, -0.2) is 13.8 Å². The monoisotopic (exact) mass is 262 g/mol. The van der Waals surface area contributed by atoms with Crippen molar-refractivity contribution < 1.29 is 13.5 Å². The zero-order chi connectivity index (χ0) is 13.2. The summed E-state index contributed by atoms with van der Waals surface area (Å²) in [6.07, 6.45) is 0.950. The number of halogens is 2. The van der Waals surface area contributed by atoms with Crippen molar-refractivity contribution in [2.45, 2.75) is 13.0 Å². The molecule has 0 saturated heterocycles. The van der Waals surface area contributed by atoms with Gasteiger partial charge in [-0.3, -0.25) is 0 Å². The molecule has 1 N–H and O–H groups in total. The van der Waals surface area contributed by atoms with Crippen molar-refractivity contribution >= 4 is 5.82 Å².